The van der Waals surface area contributed by atoms with Crippen molar-refractivity contribution in [1.82, 2.24) is 0 Å². The molecule has 0 saturated carbocycles. The van der Waals surface area contributed by atoms with Crippen molar-refractivity contribution in [1.29, 1.82) is 0 Å². The molecular weight excluding hydrogens is 146 g/mol. The van der Waals surface area contributed by atoms with Crippen molar-refractivity contribution in [2.75, 3.05) is 25.5 Å². The number of piperidine rings is 1. The molecule has 10 heavy (non-hydrogen) atoms. The minimum atomic E-state index is 0.837. The molecule has 2 heteroatoms. The summed E-state index contributed by atoms with van der Waals surface area (Å²) in [4.78, 5) is 1.77. The molecule has 1 N–H and O–H groups in total. The Bertz CT molecular complexity index is 79.3. The molecule has 1 rings (SSSR count). The van der Waals surface area contributed by atoms with E-state index in [0.29, 0.717) is 0 Å². The maximum atomic E-state index is 5.61. The standard InChI is InChI=1S/C8H16ClN/c9-5-4-8-10-6-2-1-3-7-10/h1-8H2/p+1. The number of alkyl halides is 1. The molecule has 1 fully saturated rings. The van der Waals surface area contributed by atoms with Crippen molar-refractivity contribution in [3.63, 3.8) is 0 Å². The van der Waals surface area contributed by atoms with Gasteiger partial charge in [0.2, 0.25) is 0 Å². The Balaban J connectivity index is 2.02. The topological polar surface area (TPSA) is 4.44 Å². The van der Waals surface area contributed by atoms with Gasteiger partial charge in [-0.2, -0.15) is 0 Å². The zero-order chi connectivity index (χ0) is 7.23. The van der Waals surface area contributed by atoms with E-state index in [4.69, 9.17) is 11.6 Å². The fourth-order valence-electron chi connectivity index (χ4n) is 1.62. The van der Waals surface area contributed by atoms with Crippen molar-refractivity contribution < 1.29 is 4.90 Å². The minimum absolute atomic E-state index is 0.837. The van der Waals surface area contributed by atoms with E-state index in [1.165, 1.54) is 45.3 Å². The van der Waals surface area contributed by atoms with Crippen molar-refractivity contribution in [2.24, 2.45) is 0 Å². The van der Waals surface area contributed by atoms with Crippen molar-refractivity contribution in [3.05, 3.63) is 0 Å². The molecular formula is C8H17ClN+. The van der Waals surface area contributed by atoms with Crippen LogP contribution in [0.4, 0.5) is 0 Å². The van der Waals surface area contributed by atoms with Crippen LogP contribution >= 0.6 is 11.6 Å². The van der Waals surface area contributed by atoms with Crippen LogP contribution in [0.1, 0.15) is 25.7 Å². The zero-order valence-electron chi connectivity index (χ0n) is 6.53. The molecule has 0 aromatic rings. The van der Waals surface area contributed by atoms with Gasteiger partial charge < -0.3 is 4.90 Å². The highest BCUT2D eigenvalue weighted by molar-refractivity contribution is 6.17. The Labute approximate surface area is 68.4 Å². The highest BCUT2D eigenvalue weighted by atomic mass is 35.5. The summed E-state index contributed by atoms with van der Waals surface area (Å²) in [6, 6.07) is 0. The number of likely N-dealkylation sites (tertiary alicyclic amines) is 1. The Kier molecular flexibility index (Phi) is 4.15. The van der Waals surface area contributed by atoms with Gasteiger partial charge in [0.05, 0.1) is 19.6 Å². The summed E-state index contributed by atoms with van der Waals surface area (Å²) in [5.74, 6) is 0.837. The van der Waals surface area contributed by atoms with Gasteiger partial charge in [-0.05, 0) is 19.3 Å². The first kappa shape index (κ1) is 8.35. The number of nitrogens with one attached hydrogen (secondary N) is 1. The normalized spacial score (nSPS) is 21.3. The molecule has 1 aliphatic rings. The first-order valence-electron chi connectivity index (χ1n) is 4.33. The smallest absolute Gasteiger partial charge is 0.0782 e. The number of hydrogen-bond acceptors (Lipinski definition) is 0. The van der Waals surface area contributed by atoms with Gasteiger partial charge in [-0.15, -0.1) is 11.6 Å². The fourth-order valence-corrected chi connectivity index (χ4v) is 1.75. The second-order valence-electron chi connectivity index (χ2n) is 3.10. The van der Waals surface area contributed by atoms with E-state index in [0.717, 1.165) is 5.88 Å². The molecule has 0 spiro atoms. The van der Waals surface area contributed by atoms with Crippen LogP contribution < -0.4 is 4.90 Å². The van der Waals surface area contributed by atoms with Crippen LogP contribution in [0, 0.1) is 0 Å². The summed E-state index contributed by atoms with van der Waals surface area (Å²) < 4.78 is 0. The molecule has 1 nitrogen and oxygen atoms in total. The number of halogens is 1. The lowest BCUT2D eigenvalue weighted by Gasteiger charge is -2.22. The molecule has 0 aromatic carbocycles. The van der Waals surface area contributed by atoms with Crippen LogP contribution in [-0.4, -0.2) is 25.5 Å². The van der Waals surface area contributed by atoms with E-state index in [-0.39, 0.29) is 0 Å². The third-order valence-corrected chi connectivity index (χ3v) is 2.49. The van der Waals surface area contributed by atoms with Crippen LogP contribution in [0.2, 0.25) is 0 Å². The van der Waals surface area contributed by atoms with Gasteiger partial charge in [0.25, 0.3) is 0 Å². The zero-order valence-corrected chi connectivity index (χ0v) is 7.29. The van der Waals surface area contributed by atoms with Crippen molar-refractivity contribution >= 4 is 11.6 Å². The summed E-state index contributed by atoms with van der Waals surface area (Å²) in [6.45, 7) is 4.07. The minimum Gasteiger partial charge on any atom is -0.335 e. The lowest BCUT2D eigenvalue weighted by molar-refractivity contribution is -0.904. The molecule has 0 unspecified atom stereocenters. The van der Waals surface area contributed by atoms with Crippen molar-refractivity contribution in [3.8, 4) is 0 Å². The van der Waals surface area contributed by atoms with E-state index in [2.05, 4.69) is 0 Å². The fraction of sp³-hybridized carbons (Fsp3) is 1.00. The second-order valence-corrected chi connectivity index (χ2v) is 3.48. The summed E-state index contributed by atoms with van der Waals surface area (Å²) in [5.41, 5.74) is 0. The molecule has 1 saturated heterocycles. The lowest BCUT2D eigenvalue weighted by Crippen LogP contribution is -3.12. The van der Waals surface area contributed by atoms with Gasteiger partial charge in [-0.1, -0.05) is 0 Å². The number of hydrogen-bond donors (Lipinski definition) is 1. The van der Waals surface area contributed by atoms with Crippen LogP contribution in [0.15, 0.2) is 0 Å². The van der Waals surface area contributed by atoms with Crippen LogP contribution in [0.25, 0.3) is 0 Å². The van der Waals surface area contributed by atoms with Gasteiger partial charge in [-0.25, -0.2) is 0 Å². The van der Waals surface area contributed by atoms with Gasteiger partial charge in [0.1, 0.15) is 0 Å². The monoisotopic (exact) mass is 162 g/mol. The maximum Gasteiger partial charge on any atom is 0.0782 e. The first-order valence-corrected chi connectivity index (χ1v) is 4.86. The largest absolute Gasteiger partial charge is 0.335 e. The Morgan fingerprint density at radius 2 is 1.80 bits per heavy atom. The van der Waals surface area contributed by atoms with Crippen LogP contribution in [0.3, 0.4) is 0 Å². The maximum absolute atomic E-state index is 5.61. The Morgan fingerprint density at radius 1 is 1.10 bits per heavy atom. The quantitative estimate of drug-likeness (QED) is 0.583. The Hall–Kier alpha value is 0.250. The molecule has 1 aliphatic heterocycles. The highest BCUT2D eigenvalue weighted by Gasteiger charge is 2.11. The third-order valence-electron chi connectivity index (χ3n) is 2.22. The predicted molar refractivity (Wildman–Crippen MR) is 44.8 cm³/mol. The van der Waals surface area contributed by atoms with Gasteiger partial charge in [0, 0.05) is 12.3 Å². The predicted octanol–water partition coefficient (Wildman–Crippen LogP) is 0.684. The molecule has 0 amide bonds. The van der Waals surface area contributed by atoms with Gasteiger partial charge >= 0.3 is 0 Å². The van der Waals surface area contributed by atoms with Gasteiger partial charge in [0.15, 0.2) is 0 Å². The second kappa shape index (κ2) is 4.97. The Morgan fingerprint density at radius 3 is 2.40 bits per heavy atom. The lowest BCUT2D eigenvalue weighted by atomic mass is 10.1. The summed E-state index contributed by atoms with van der Waals surface area (Å²) >= 11 is 5.61. The average Bonchev–Trinajstić information content (AvgIpc) is 2.03. The van der Waals surface area contributed by atoms with Crippen molar-refractivity contribution in [2.45, 2.75) is 25.7 Å². The van der Waals surface area contributed by atoms with Crippen LogP contribution in [-0.2, 0) is 0 Å². The highest BCUT2D eigenvalue weighted by Crippen LogP contribution is 1.94. The van der Waals surface area contributed by atoms with E-state index >= 15 is 0 Å². The first-order chi connectivity index (χ1) is 4.93. The molecule has 0 radical (unpaired) electrons. The average molecular weight is 163 g/mol. The summed E-state index contributed by atoms with van der Waals surface area (Å²) in [5, 5.41) is 0. The molecule has 0 bridgehead atoms. The molecule has 1 heterocycles. The van der Waals surface area contributed by atoms with Gasteiger partial charge in [-0.3, -0.25) is 0 Å². The molecule has 0 aromatic heterocycles. The third kappa shape index (κ3) is 2.89. The number of rotatable bonds is 3. The van der Waals surface area contributed by atoms with E-state index in [1.54, 1.807) is 4.90 Å². The van der Waals surface area contributed by atoms with E-state index in [9.17, 15) is 0 Å². The molecule has 0 atom stereocenters. The van der Waals surface area contributed by atoms with Crippen LogP contribution in [0.5, 0.6) is 0 Å². The summed E-state index contributed by atoms with van der Waals surface area (Å²) in [6.07, 6.45) is 5.50. The SMILES string of the molecule is ClCCC[NH+]1CCCCC1. The molecule has 60 valence electrons. The number of quaternary nitrogens is 1. The van der Waals surface area contributed by atoms with E-state index in [1.807, 2.05) is 0 Å². The summed E-state index contributed by atoms with van der Waals surface area (Å²) in [7, 11) is 0. The van der Waals surface area contributed by atoms with E-state index < -0.39 is 0 Å². The molecule has 0 aliphatic carbocycles.